The second kappa shape index (κ2) is 4.11. The van der Waals surface area contributed by atoms with E-state index >= 15 is 0 Å². The number of benzene rings is 1. The lowest BCUT2D eigenvalue weighted by molar-refractivity contribution is 0.400. The molecule has 0 saturated carbocycles. The molecule has 3 N–H and O–H groups in total. The van der Waals surface area contributed by atoms with E-state index in [1.807, 2.05) is 6.07 Å². The molecule has 0 aliphatic heterocycles. The molecule has 1 aliphatic carbocycles. The van der Waals surface area contributed by atoms with Crippen LogP contribution in [0, 0.1) is 0 Å². The number of fused-ring (bicyclic) bond motifs is 1. The lowest BCUT2D eigenvalue weighted by atomic mass is 10.0. The fourth-order valence-electron chi connectivity index (χ4n) is 2.29. The zero-order valence-electron chi connectivity index (χ0n) is 8.95. The molecule has 15 heavy (non-hydrogen) atoms. The molecule has 3 heteroatoms. The maximum atomic E-state index is 9.69. The quantitative estimate of drug-likeness (QED) is 0.662. The third-order valence-corrected chi connectivity index (χ3v) is 3.12. The third kappa shape index (κ3) is 1.79. The lowest BCUT2D eigenvalue weighted by Gasteiger charge is -2.12. The second-order valence-corrected chi connectivity index (χ2v) is 4.04. The van der Waals surface area contributed by atoms with Gasteiger partial charge in [-0.3, -0.25) is 0 Å². The largest absolute Gasteiger partial charge is 0.504 e. The summed E-state index contributed by atoms with van der Waals surface area (Å²) in [6, 6.07) is 3.51. The first-order chi connectivity index (χ1) is 7.24. The molecule has 2 rings (SSSR count). The van der Waals surface area contributed by atoms with Crippen LogP contribution in [0.4, 0.5) is 0 Å². The molecule has 0 amide bonds. The SMILES string of the molecule is CCNCC1CCc2c1ccc(O)c2O. The Morgan fingerprint density at radius 1 is 1.40 bits per heavy atom. The van der Waals surface area contributed by atoms with E-state index in [-0.39, 0.29) is 11.5 Å². The summed E-state index contributed by atoms with van der Waals surface area (Å²) in [4.78, 5) is 0. The Morgan fingerprint density at radius 2 is 2.20 bits per heavy atom. The van der Waals surface area contributed by atoms with Crippen molar-refractivity contribution in [2.24, 2.45) is 0 Å². The van der Waals surface area contributed by atoms with Crippen molar-refractivity contribution in [1.29, 1.82) is 0 Å². The van der Waals surface area contributed by atoms with Gasteiger partial charge in [0.2, 0.25) is 0 Å². The summed E-state index contributed by atoms with van der Waals surface area (Å²) < 4.78 is 0. The fourth-order valence-corrected chi connectivity index (χ4v) is 2.29. The van der Waals surface area contributed by atoms with Gasteiger partial charge in [-0.2, -0.15) is 0 Å². The molecule has 0 aromatic heterocycles. The average Bonchev–Trinajstić information content (AvgIpc) is 2.64. The molecule has 0 fully saturated rings. The molecule has 1 unspecified atom stereocenters. The van der Waals surface area contributed by atoms with E-state index in [1.54, 1.807) is 6.07 Å². The monoisotopic (exact) mass is 207 g/mol. The summed E-state index contributed by atoms with van der Waals surface area (Å²) in [5.74, 6) is 0.552. The summed E-state index contributed by atoms with van der Waals surface area (Å²) in [5, 5.41) is 22.4. The summed E-state index contributed by atoms with van der Waals surface area (Å²) in [6.07, 6.45) is 1.92. The number of likely N-dealkylation sites (N-methyl/N-ethyl adjacent to an activating group) is 1. The molecule has 82 valence electrons. The molecule has 0 saturated heterocycles. The number of rotatable bonds is 3. The van der Waals surface area contributed by atoms with Gasteiger partial charge in [0.25, 0.3) is 0 Å². The minimum atomic E-state index is -0.00199. The number of hydrogen-bond donors (Lipinski definition) is 3. The van der Waals surface area contributed by atoms with Gasteiger partial charge >= 0.3 is 0 Å². The Hall–Kier alpha value is -1.22. The molecule has 1 aliphatic rings. The van der Waals surface area contributed by atoms with E-state index in [9.17, 15) is 10.2 Å². The van der Waals surface area contributed by atoms with Gasteiger partial charge < -0.3 is 15.5 Å². The Labute approximate surface area is 89.8 Å². The molecule has 1 aromatic rings. The summed E-state index contributed by atoms with van der Waals surface area (Å²) >= 11 is 0. The van der Waals surface area contributed by atoms with Crippen molar-refractivity contribution < 1.29 is 10.2 Å². The number of phenols is 2. The highest BCUT2D eigenvalue weighted by Gasteiger charge is 2.25. The first-order valence-corrected chi connectivity index (χ1v) is 5.48. The first kappa shape index (κ1) is 10.3. The normalized spacial score (nSPS) is 19.1. The number of nitrogens with one attached hydrogen (secondary N) is 1. The van der Waals surface area contributed by atoms with Gasteiger partial charge in [-0.25, -0.2) is 0 Å². The van der Waals surface area contributed by atoms with Crippen molar-refractivity contribution >= 4 is 0 Å². The van der Waals surface area contributed by atoms with Crippen LogP contribution in [0.3, 0.4) is 0 Å². The predicted octanol–water partition coefficient (Wildman–Crippen LogP) is 1.74. The van der Waals surface area contributed by atoms with Crippen LogP contribution in [0.5, 0.6) is 11.5 Å². The van der Waals surface area contributed by atoms with Gasteiger partial charge in [0.15, 0.2) is 11.5 Å². The highest BCUT2D eigenvalue weighted by atomic mass is 16.3. The second-order valence-electron chi connectivity index (χ2n) is 4.04. The minimum absolute atomic E-state index is 0.00199. The zero-order valence-corrected chi connectivity index (χ0v) is 8.95. The lowest BCUT2D eigenvalue weighted by Crippen LogP contribution is -2.19. The summed E-state index contributed by atoms with van der Waals surface area (Å²) in [7, 11) is 0. The third-order valence-electron chi connectivity index (χ3n) is 3.12. The standard InChI is InChI=1S/C12H17NO2/c1-2-13-7-8-3-4-10-9(8)5-6-11(14)12(10)15/h5-6,8,13-15H,2-4,7H2,1H3. The van der Waals surface area contributed by atoms with Crippen LogP contribution in [-0.4, -0.2) is 23.3 Å². The molecule has 0 bridgehead atoms. The zero-order chi connectivity index (χ0) is 10.8. The van der Waals surface area contributed by atoms with E-state index in [4.69, 9.17) is 0 Å². The molecular formula is C12H17NO2. The van der Waals surface area contributed by atoms with Crippen LogP contribution < -0.4 is 5.32 Å². The number of aromatic hydroxyl groups is 2. The van der Waals surface area contributed by atoms with Gasteiger partial charge in [-0.1, -0.05) is 13.0 Å². The van der Waals surface area contributed by atoms with Crippen molar-refractivity contribution in [2.75, 3.05) is 13.1 Å². The van der Waals surface area contributed by atoms with Gasteiger partial charge in [0, 0.05) is 12.1 Å². The minimum Gasteiger partial charge on any atom is -0.504 e. The van der Waals surface area contributed by atoms with Crippen LogP contribution in [0.1, 0.15) is 30.4 Å². The maximum Gasteiger partial charge on any atom is 0.160 e. The topological polar surface area (TPSA) is 52.5 Å². The van der Waals surface area contributed by atoms with Crippen molar-refractivity contribution in [3.63, 3.8) is 0 Å². The molecule has 3 nitrogen and oxygen atoms in total. The van der Waals surface area contributed by atoms with Crippen LogP contribution in [0.15, 0.2) is 12.1 Å². The number of hydrogen-bond acceptors (Lipinski definition) is 3. The van der Waals surface area contributed by atoms with Crippen LogP contribution in [0.25, 0.3) is 0 Å². The van der Waals surface area contributed by atoms with Gasteiger partial charge in [-0.15, -0.1) is 0 Å². The van der Waals surface area contributed by atoms with E-state index in [0.29, 0.717) is 5.92 Å². The maximum absolute atomic E-state index is 9.69. The molecule has 0 radical (unpaired) electrons. The molecule has 1 aromatic carbocycles. The Morgan fingerprint density at radius 3 is 2.93 bits per heavy atom. The van der Waals surface area contributed by atoms with E-state index in [1.165, 1.54) is 5.56 Å². The Balaban J connectivity index is 2.24. The van der Waals surface area contributed by atoms with Gasteiger partial charge in [-0.05, 0) is 36.9 Å². The highest BCUT2D eigenvalue weighted by Crippen LogP contribution is 2.41. The van der Waals surface area contributed by atoms with E-state index in [2.05, 4.69) is 12.2 Å². The molecule has 0 heterocycles. The highest BCUT2D eigenvalue weighted by molar-refractivity contribution is 5.52. The fraction of sp³-hybridized carbons (Fsp3) is 0.500. The molecule has 1 atom stereocenters. The Bertz CT molecular complexity index is 363. The summed E-state index contributed by atoms with van der Waals surface area (Å²) in [6.45, 7) is 4.01. The molecular weight excluding hydrogens is 190 g/mol. The molecule has 0 spiro atoms. The van der Waals surface area contributed by atoms with Crippen molar-refractivity contribution in [3.05, 3.63) is 23.3 Å². The van der Waals surface area contributed by atoms with Gasteiger partial charge in [0.05, 0.1) is 0 Å². The van der Waals surface area contributed by atoms with Crippen LogP contribution >= 0.6 is 0 Å². The van der Waals surface area contributed by atoms with Crippen LogP contribution in [0.2, 0.25) is 0 Å². The number of phenolic OH excluding ortho intramolecular Hbond substituents is 2. The van der Waals surface area contributed by atoms with E-state index in [0.717, 1.165) is 31.5 Å². The van der Waals surface area contributed by atoms with Crippen molar-refractivity contribution in [3.8, 4) is 11.5 Å². The van der Waals surface area contributed by atoms with E-state index < -0.39 is 0 Å². The van der Waals surface area contributed by atoms with Crippen LogP contribution in [-0.2, 0) is 6.42 Å². The predicted molar refractivity (Wildman–Crippen MR) is 59.4 cm³/mol. The average molecular weight is 207 g/mol. The smallest absolute Gasteiger partial charge is 0.160 e. The van der Waals surface area contributed by atoms with Crippen molar-refractivity contribution in [1.82, 2.24) is 5.32 Å². The van der Waals surface area contributed by atoms with Crippen molar-refractivity contribution in [2.45, 2.75) is 25.7 Å². The summed E-state index contributed by atoms with van der Waals surface area (Å²) in [5.41, 5.74) is 2.11. The van der Waals surface area contributed by atoms with Gasteiger partial charge in [0.1, 0.15) is 0 Å². The Kier molecular flexibility index (Phi) is 2.82. The first-order valence-electron chi connectivity index (χ1n) is 5.48.